The van der Waals surface area contributed by atoms with Gasteiger partial charge in [-0.1, -0.05) is 44.1 Å². The van der Waals surface area contributed by atoms with Crippen LogP contribution in [0, 0.1) is 59.0 Å². The Morgan fingerprint density at radius 1 is 0.860 bits per heavy atom. The van der Waals surface area contributed by atoms with Crippen LogP contribution < -0.4 is 9.47 Å². The molecule has 240 valence electrons. The highest BCUT2D eigenvalue weighted by molar-refractivity contribution is 5.35. The van der Waals surface area contributed by atoms with Crippen LogP contribution in [0.2, 0.25) is 0 Å². The first-order valence-electron chi connectivity index (χ1n) is 16.6. The summed E-state index contributed by atoms with van der Waals surface area (Å²) in [5.74, 6) is 3.27. The van der Waals surface area contributed by atoms with E-state index >= 15 is 8.78 Å². The van der Waals surface area contributed by atoms with Gasteiger partial charge in [-0.05, 0) is 113 Å². The zero-order valence-electron chi connectivity index (χ0n) is 25.7. The third-order valence-electron chi connectivity index (χ3n) is 10.00. The Bertz CT molecular complexity index is 1070. The van der Waals surface area contributed by atoms with Gasteiger partial charge >= 0.3 is 6.11 Å². The van der Waals surface area contributed by atoms with E-state index in [4.69, 9.17) is 9.47 Å². The van der Waals surface area contributed by atoms with Crippen molar-refractivity contribution < 1.29 is 31.4 Å². The molecule has 2 nitrogen and oxygen atoms in total. The number of benzene rings is 1. The first-order valence-corrected chi connectivity index (χ1v) is 16.6. The Balaban J connectivity index is 1.21. The van der Waals surface area contributed by atoms with E-state index < -0.39 is 47.9 Å². The van der Waals surface area contributed by atoms with E-state index in [0.29, 0.717) is 24.7 Å². The number of ether oxygens (including phenoxy) is 2. The van der Waals surface area contributed by atoms with Gasteiger partial charge in [0.2, 0.25) is 11.6 Å². The third kappa shape index (κ3) is 9.88. The van der Waals surface area contributed by atoms with Crippen LogP contribution >= 0.6 is 0 Å². The molecule has 1 atom stereocenters. The Labute approximate surface area is 255 Å². The summed E-state index contributed by atoms with van der Waals surface area (Å²) in [6.07, 6.45) is 11.0. The Hall–Kier alpha value is -2.23. The van der Waals surface area contributed by atoms with Crippen molar-refractivity contribution >= 4 is 0 Å². The largest absolute Gasteiger partial charge is 0.487 e. The minimum absolute atomic E-state index is 0.0805. The first kappa shape index (κ1) is 33.7. The van der Waals surface area contributed by atoms with E-state index in [1.54, 1.807) is 0 Å². The summed E-state index contributed by atoms with van der Waals surface area (Å²) in [7, 11) is 0. The zero-order valence-corrected chi connectivity index (χ0v) is 25.7. The maximum Gasteiger partial charge on any atom is 0.400 e. The fourth-order valence-electron chi connectivity index (χ4n) is 7.10. The first-order chi connectivity index (χ1) is 20.7. The second-order valence-corrected chi connectivity index (χ2v) is 13.2. The van der Waals surface area contributed by atoms with E-state index in [9.17, 15) is 13.2 Å². The highest BCUT2D eigenvalue weighted by atomic mass is 19.3. The lowest BCUT2D eigenvalue weighted by molar-refractivity contribution is -0.224. The van der Waals surface area contributed by atoms with E-state index in [0.717, 1.165) is 56.6 Å². The van der Waals surface area contributed by atoms with Gasteiger partial charge in [0.25, 0.3) is 0 Å². The maximum absolute atomic E-state index is 15.0. The molecular weight excluding hydrogens is 559 g/mol. The fraction of sp³-hybridized carbons (Fsp3) is 0.722. The molecule has 3 saturated carbocycles. The van der Waals surface area contributed by atoms with Gasteiger partial charge in [0.1, 0.15) is 12.8 Å². The molecule has 0 radical (unpaired) electrons. The molecule has 0 aromatic heterocycles. The number of hydrogen-bond acceptors (Lipinski definition) is 2. The average molecular weight is 609 g/mol. The van der Waals surface area contributed by atoms with Crippen molar-refractivity contribution in [1.29, 1.82) is 0 Å². The molecule has 43 heavy (non-hydrogen) atoms. The topological polar surface area (TPSA) is 18.5 Å². The van der Waals surface area contributed by atoms with Crippen molar-refractivity contribution in [3.63, 3.8) is 0 Å². The molecule has 0 N–H and O–H groups in total. The molecular formula is C36H49F5O2. The zero-order chi connectivity index (χ0) is 30.8. The molecule has 1 aromatic carbocycles. The Morgan fingerprint density at radius 3 is 2.02 bits per heavy atom. The Kier molecular flexibility index (Phi) is 12.7. The van der Waals surface area contributed by atoms with Crippen LogP contribution in [0.4, 0.5) is 22.0 Å². The second-order valence-electron chi connectivity index (χ2n) is 13.2. The molecule has 1 aromatic rings. The van der Waals surface area contributed by atoms with Crippen molar-refractivity contribution in [3.8, 4) is 23.3 Å². The molecule has 3 aliphatic carbocycles. The summed E-state index contributed by atoms with van der Waals surface area (Å²) in [5.41, 5.74) is 0. The minimum Gasteiger partial charge on any atom is -0.487 e. The molecule has 3 fully saturated rings. The smallest absolute Gasteiger partial charge is 0.400 e. The predicted octanol–water partition coefficient (Wildman–Crippen LogP) is 10.8. The highest BCUT2D eigenvalue weighted by Crippen LogP contribution is 2.42. The van der Waals surface area contributed by atoms with Crippen molar-refractivity contribution in [2.45, 2.75) is 122 Å². The van der Waals surface area contributed by atoms with Crippen molar-refractivity contribution in [1.82, 2.24) is 0 Å². The van der Waals surface area contributed by atoms with Crippen LogP contribution in [0.1, 0.15) is 110 Å². The van der Waals surface area contributed by atoms with Gasteiger partial charge in [0.05, 0.1) is 5.92 Å². The van der Waals surface area contributed by atoms with Gasteiger partial charge in [0, 0.05) is 11.8 Å². The van der Waals surface area contributed by atoms with E-state index in [1.165, 1.54) is 32.1 Å². The van der Waals surface area contributed by atoms with E-state index in [2.05, 4.69) is 25.3 Å². The average Bonchev–Trinajstić information content (AvgIpc) is 3.02. The number of halogens is 5. The van der Waals surface area contributed by atoms with Gasteiger partial charge in [-0.15, -0.1) is 6.58 Å². The Morgan fingerprint density at radius 2 is 1.42 bits per heavy atom. The highest BCUT2D eigenvalue weighted by Gasteiger charge is 2.44. The molecule has 7 heteroatoms. The molecule has 0 amide bonds. The lowest BCUT2D eigenvalue weighted by Gasteiger charge is -2.32. The van der Waals surface area contributed by atoms with Gasteiger partial charge in [-0.2, -0.15) is 17.6 Å². The van der Waals surface area contributed by atoms with Crippen molar-refractivity contribution in [2.24, 2.45) is 35.5 Å². The number of rotatable bonds is 12. The summed E-state index contributed by atoms with van der Waals surface area (Å²) < 4.78 is 83.9. The van der Waals surface area contributed by atoms with Crippen LogP contribution in [-0.2, 0) is 0 Å². The predicted molar refractivity (Wildman–Crippen MR) is 161 cm³/mol. The monoisotopic (exact) mass is 608 g/mol. The lowest BCUT2D eigenvalue weighted by Crippen LogP contribution is -2.37. The molecule has 0 saturated heterocycles. The second kappa shape index (κ2) is 16.2. The maximum atomic E-state index is 15.0. The minimum atomic E-state index is -3.65. The molecule has 4 rings (SSSR count). The number of allylic oxidation sites excluding steroid dienone is 1. The number of hydrogen-bond donors (Lipinski definition) is 0. The quantitative estimate of drug-likeness (QED) is 0.134. The lowest BCUT2D eigenvalue weighted by atomic mass is 9.79. The van der Waals surface area contributed by atoms with Gasteiger partial charge in [-0.3, -0.25) is 0 Å². The molecule has 1 unspecified atom stereocenters. The fourth-order valence-corrected chi connectivity index (χ4v) is 7.10. The normalized spacial score (nSPS) is 28.8. The summed E-state index contributed by atoms with van der Waals surface area (Å²) in [5, 5.41) is 0. The molecule has 0 heterocycles. The van der Waals surface area contributed by atoms with Crippen molar-refractivity contribution in [2.75, 3.05) is 6.61 Å². The summed E-state index contributed by atoms with van der Waals surface area (Å²) in [4.78, 5) is 0. The summed E-state index contributed by atoms with van der Waals surface area (Å²) >= 11 is 0. The molecule has 0 aliphatic heterocycles. The third-order valence-corrected chi connectivity index (χ3v) is 10.00. The standard InChI is InChI=1S/C36H49F5O2/c1-3-5-6-26-9-11-27(12-10-26)13-14-28-17-19-30(20-18-28)36(40,41)43-33-22-21-32(34(38)35(33)39)42-24-31(37)23-29-15-7-25(4-2)8-16-29/h4,21-22,25-31H,2-3,5-12,15-20,23-24H2,1H3. The van der Waals surface area contributed by atoms with Crippen LogP contribution in [0.25, 0.3) is 0 Å². The van der Waals surface area contributed by atoms with Crippen LogP contribution in [0.3, 0.4) is 0 Å². The molecule has 0 bridgehead atoms. The van der Waals surface area contributed by atoms with Crippen LogP contribution in [-0.4, -0.2) is 18.9 Å². The van der Waals surface area contributed by atoms with Crippen LogP contribution in [0.5, 0.6) is 11.5 Å². The number of unbranched alkanes of at least 4 members (excludes halogenated alkanes) is 1. The summed E-state index contributed by atoms with van der Waals surface area (Å²) in [6.45, 7) is 5.61. The van der Waals surface area contributed by atoms with Gasteiger partial charge in [0.15, 0.2) is 11.5 Å². The van der Waals surface area contributed by atoms with E-state index in [-0.39, 0.29) is 31.1 Å². The van der Waals surface area contributed by atoms with Gasteiger partial charge in [-0.25, -0.2) is 4.39 Å². The SMILES string of the molecule is C=CC1CCC(CC(F)COc2ccc(OC(F)(F)C3CCC(C#CC4CCC(CCCC)CC4)CC3)c(F)c2F)CC1. The van der Waals surface area contributed by atoms with Gasteiger partial charge < -0.3 is 9.47 Å². The van der Waals surface area contributed by atoms with E-state index in [1.807, 2.05) is 6.08 Å². The molecule has 0 spiro atoms. The summed E-state index contributed by atoms with van der Waals surface area (Å²) in [6, 6.07) is 1.95. The molecule has 3 aliphatic rings. The number of alkyl halides is 3. The van der Waals surface area contributed by atoms with Crippen molar-refractivity contribution in [3.05, 3.63) is 36.4 Å². The van der Waals surface area contributed by atoms with Crippen LogP contribution in [0.15, 0.2) is 24.8 Å².